The molecule has 1 atom stereocenters. The molecule has 4 aromatic carbocycles. The Hall–Kier alpha value is -7.43. The molecular formula is C72H101B3BrO23P2. The van der Waals surface area contributed by atoms with Gasteiger partial charge in [0.05, 0.1) is 67.2 Å². The molecule has 4 aliphatic heterocycles. The standard InChI is InChI=1S/C20H29O7P.C18H25O7P.C15H17BrO4.C15H18O5.C3H4.CH4.B3.2H2/c1-6-26-28(23,27-7-2)11-10-13(3)8-9-15-18(21)17-16(12-25-20(17)22)14(4)19(15)24-5;1-5-25-26(21,22)9-8-11(2)6-7-13-16(19)15-14(10-24-18(15)20)12(3)17(13)23-4;2*1-8(6-16)4-5-10-13(17)12-11(7-20-15(12)18)9(2)14(10)19-3;1-3-2;;1-3-2;;/h8,21H,6-7,9-12H2,1-5H3;6,19H,5,7-10H2,1-4H3,(H,21,22);4,17H,5-7H2,1-3H3;4,16-17H,5-7H2,1-3H3;1-2H2;1H4;;2*1H/b13-8+;11-6+;2*8-4+;;;;;/i;;;;;;;1+1D;1+1. The number of cyclic esters (lactones) is 4. The zero-order valence-corrected chi connectivity index (χ0v) is 63.2. The predicted molar refractivity (Wildman–Crippen MR) is 399 cm³/mol. The van der Waals surface area contributed by atoms with Crippen LogP contribution in [-0.4, -0.2) is 149 Å². The number of aromatic hydroxyl groups is 4. The van der Waals surface area contributed by atoms with E-state index in [1.165, 1.54) is 21.3 Å². The van der Waals surface area contributed by atoms with Crippen LogP contribution in [0, 0.1) is 27.7 Å². The highest BCUT2D eigenvalue weighted by molar-refractivity contribution is 9.09. The Kier molecular flexibility index (Phi) is 37.3. The van der Waals surface area contributed by atoms with Gasteiger partial charge in [-0.2, -0.15) is 0 Å². The van der Waals surface area contributed by atoms with E-state index in [1.54, 1.807) is 40.9 Å². The van der Waals surface area contributed by atoms with Crippen molar-refractivity contribution in [1.29, 1.82) is 0 Å². The van der Waals surface area contributed by atoms with Crippen LogP contribution in [0.15, 0.2) is 65.5 Å². The van der Waals surface area contributed by atoms with Gasteiger partial charge in [0.2, 0.25) is 0 Å². The summed E-state index contributed by atoms with van der Waals surface area (Å²) in [5.74, 6) is -0.126. The minimum atomic E-state index is -3.57. The number of carbonyl (C=O) groups is 4. The van der Waals surface area contributed by atoms with E-state index in [1.807, 2.05) is 66.7 Å². The SMILES string of the molecule is C.C=C=C.CCOP(=O)(CC/C(C)=C/Cc1c(O)c2c(c(C)c1OC)COC2=O)OCC.CCOP(=O)(O)CC/C(C)=C/Cc1c(O)c2c(c(C)c1OC)COC2=O.COc1c(C)c2c(c(O)c1C/C=C(\C)CBr)C(=O)OC2.COc1c(C)c2c(c(O)c1C/C=C(\C)CO)C(=O)OC2.[2HH].[2H][2H].[B][B][B]. The van der Waals surface area contributed by atoms with Crippen LogP contribution in [0.4, 0.5) is 0 Å². The van der Waals surface area contributed by atoms with Gasteiger partial charge in [-0.1, -0.05) is 83.1 Å². The summed E-state index contributed by atoms with van der Waals surface area (Å²) in [5, 5.41) is 51.7. The fourth-order valence-corrected chi connectivity index (χ4v) is 14.1. The molecule has 1 unspecified atom stereocenters. The minimum absolute atomic E-state index is 0. The Bertz CT molecular complexity index is 3770. The number of phenols is 4. The Labute approximate surface area is 610 Å². The predicted octanol–water partition coefficient (Wildman–Crippen LogP) is 14.1. The van der Waals surface area contributed by atoms with E-state index in [0.29, 0.717) is 119 Å². The topological polar surface area (TPSA) is 325 Å². The van der Waals surface area contributed by atoms with Gasteiger partial charge < -0.3 is 81.9 Å². The summed E-state index contributed by atoms with van der Waals surface area (Å²) in [6, 6.07) is 0. The Morgan fingerprint density at radius 1 is 0.535 bits per heavy atom. The van der Waals surface area contributed by atoms with Gasteiger partial charge in [0.25, 0.3) is 0 Å². The lowest BCUT2D eigenvalue weighted by Gasteiger charge is -2.17. The van der Waals surface area contributed by atoms with E-state index in [2.05, 4.69) is 50.3 Å². The summed E-state index contributed by atoms with van der Waals surface area (Å²) in [5.41, 5.74) is 15.1. The van der Waals surface area contributed by atoms with Crippen molar-refractivity contribution in [2.24, 2.45) is 0 Å². The minimum Gasteiger partial charge on any atom is -0.507 e. The number of fused-ring (bicyclic) bond motifs is 4. The third-order valence-electron chi connectivity index (χ3n) is 16.2. The lowest BCUT2D eigenvalue weighted by Crippen LogP contribution is -2.03. The highest BCUT2D eigenvalue weighted by Crippen LogP contribution is 2.50. The molecule has 29 heteroatoms. The number of hydrogen-bond donors (Lipinski definition) is 6. The fourth-order valence-electron chi connectivity index (χ4n) is 11.0. The number of esters is 4. The van der Waals surface area contributed by atoms with Crippen LogP contribution in [0.3, 0.4) is 0 Å². The van der Waals surface area contributed by atoms with Gasteiger partial charge in [0.1, 0.15) is 94.7 Å². The van der Waals surface area contributed by atoms with Crippen LogP contribution in [0.1, 0.15) is 181 Å². The zero-order valence-electron chi connectivity index (χ0n) is 61.9. The van der Waals surface area contributed by atoms with Gasteiger partial charge in [-0.05, 0) is 137 Å². The first-order valence-corrected chi connectivity index (χ1v) is 36.5. The molecule has 23 nitrogen and oxygen atoms in total. The van der Waals surface area contributed by atoms with Crippen molar-refractivity contribution >= 4 is 77.5 Å². The number of carbonyl (C=O) groups excluding carboxylic acids is 4. The fraction of sp³-hybridized carbons (Fsp3) is 0.458. The second-order valence-electron chi connectivity index (χ2n) is 22.9. The number of aliphatic hydroxyl groups is 1. The maximum atomic E-state index is 12.6. The molecule has 6 N–H and O–H groups in total. The van der Waals surface area contributed by atoms with Crippen molar-refractivity contribution in [2.75, 3.05) is 72.5 Å². The molecule has 0 spiro atoms. The highest BCUT2D eigenvalue weighted by Gasteiger charge is 2.36. The molecule has 0 saturated heterocycles. The first kappa shape index (κ1) is 87.8. The molecule has 0 bridgehead atoms. The van der Waals surface area contributed by atoms with Gasteiger partial charge in [-0.15, -0.1) is 5.73 Å². The summed E-state index contributed by atoms with van der Waals surface area (Å²) in [7, 11) is 9.47. The van der Waals surface area contributed by atoms with Crippen molar-refractivity contribution in [3.63, 3.8) is 0 Å². The molecule has 4 aromatic rings. The van der Waals surface area contributed by atoms with Crippen LogP contribution in [-0.2, 0) is 93.8 Å². The van der Waals surface area contributed by atoms with E-state index in [9.17, 15) is 53.6 Å². The first-order valence-electron chi connectivity index (χ1n) is 32.9. The second-order valence-corrected chi connectivity index (χ2v) is 27.6. The number of ether oxygens (including phenoxy) is 8. The smallest absolute Gasteiger partial charge is 0.342 e. The van der Waals surface area contributed by atoms with E-state index >= 15 is 0 Å². The van der Waals surface area contributed by atoms with Gasteiger partial charge in [0.15, 0.2) is 0 Å². The van der Waals surface area contributed by atoms with E-state index in [0.717, 1.165) is 56.9 Å². The maximum Gasteiger partial charge on any atom is 0.342 e. The van der Waals surface area contributed by atoms with Gasteiger partial charge in [-0.3, -0.25) is 9.13 Å². The summed E-state index contributed by atoms with van der Waals surface area (Å²) < 4.78 is 91.6. The summed E-state index contributed by atoms with van der Waals surface area (Å²) in [6.07, 6.45) is 10.4. The number of benzene rings is 4. The zero-order chi connectivity index (χ0) is 77.5. The summed E-state index contributed by atoms with van der Waals surface area (Å²) in [4.78, 5) is 56.9. The molecule has 0 saturated carbocycles. The van der Waals surface area contributed by atoms with Crippen LogP contribution >= 0.6 is 31.1 Å². The highest BCUT2D eigenvalue weighted by atomic mass is 79.9. The largest absolute Gasteiger partial charge is 0.507 e. The molecule has 0 aromatic heterocycles. The Balaban J connectivity index is 0.00000132. The third-order valence-corrected chi connectivity index (χ3v) is 20.6. The molecule has 0 aliphatic carbocycles. The molecule has 4 heterocycles. The number of aliphatic hydroxyl groups excluding tert-OH is 1. The molecule has 5 radical (unpaired) electrons. The number of halogens is 1. The Morgan fingerprint density at radius 2 is 0.782 bits per heavy atom. The number of methoxy groups -OCH3 is 4. The third kappa shape index (κ3) is 23.3. The second kappa shape index (κ2) is 42.9. The van der Waals surface area contributed by atoms with Crippen LogP contribution in [0.25, 0.3) is 0 Å². The van der Waals surface area contributed by atoms with E-state index < -0.39 is 39.1 Å². The van der Waals surface area contributed by atoms with Crippen LogP contribution in [0.5, 0.6) is 46.0 Å². The number of allylic oxidation sites excluding steroid dienone is 7. The number of phenolic OH excluding ortho intramolecular Hbond substituents is 4. The van der Waals surface area contributed by atoms with Crippen molar-refractivity contribution in [1.82, 2.24) is 0 Å². The van der Waals surface area contributed by atoms with Crippen molar-refractivity contribution in [2.45, 2.75) is 149 Å². The monoisotopic (exact) mass is 1510 g/mol. The molecule has 0 amide bonds. The number of rotatable bonds is 26. The number of alkyl halides is 1. The van der Waals surface area contributed by atoms with Gasteiger partial charge in [-0.25, -0.2) is 19.2 Å². The normalized spacial score (nSPS) is 14.0. The maximum absolute atomic E-state index is 12.6. The molecule has 0 fully saturated rings. The summed E-state index contributed by atoms with van der Waals surface area (Å²) in [6.45, 7) is 27.8. The Morgan fingerprint density at radius 3 is 1.02 bits per heavy atom. The van der Waals surface area contributed by atoms with Crippen LogP contribution in [0.2, 0.25) is 0 Å². The van der Waals surface area contributed by atoms with Crippen molar-refractivity contribution in [3.05, 3.63) is 155 Å². The lowest BCUT2D eigenvalue weighted by atomic mass is 9.40. The average molecular weight is 1510 g/mol. The van der Waals surface area contributed by atoms with Crippen molar-refractivity contribution < 1.29 is 115 Å². The quantitative estimate of drug-likeness (QED) is 0.00647. The van der Waals surface area contributed by atoms with Gasteiger partial charge >= 0.3 is 39.1 Å². The van der Waals surface area contributed by atoms with Crippen molar-refractivity contribution in [3.8, 4) is 46.0 Å². The molecule has 101 heavy (non-hydrogen) atoms. The van der Waals surface area contributed by atoms with Gasteiger partial charge in [0, 0.05) is 76.8 Å². The number of hydrogen-bond acceptors (Lipinski definition) is 22. The first-order chi connectivity index (χ1) is 48.3. The average Bonchev–Trinajstić information content (AvgIpc) is 1.57. The van der Waals surface area contributed by atoms with E-state index in [-0.39, 0.29) is 106 Å². The lowest BCUT2D eigenvalue weighted by molar-refractivity contribution is 0.0523. The van der Waals surface area contributed by atoms with Crippen LogP contribution < -0.4 is 18.9 Å². The summed E-state index contributed by atoms with van der Waals surface area (Å²) >= 11 is 3.38. The van der Waals surface area contributed by atoms with E-state index in [4.69, 9.17) is 59.5 Å². The molecular weight excluding hydrogens is 1410 g/mol. The molecule has 553 valence electrons. The molecule has 4 aliphatic rings. The molecule has 8 rings (SSSR count).